The molecule has 174 valence electrons. The lowest BCUT2D eigenvalue weighted by Crippen LogP contribution is -2.31. The Morgan fingerprint density at radius 2 is 1.62 bits per heavy atom. The maximum absolute atomic E-state index is 13.2. The number of hydrogen-bond acceptors (Lipinski definition) is 5. The number of Topliss-reactive ketones (excluding diaryl/α,β-unsaturated/α-hetero) is 1. The fraction of sp³-hybridized carbons (Fsp3) is 0.185. The zero-order valence-corrected chi connectivity index (χ0v) is 20.4. The summed E-state index contributed by atoms with van der Waals surface area (Å²) >= 11 is 3.38. The van der Waals surface area contributed by atoms with E-state index in [0.717, 1.165) is 10.0 Å². The molecule has 1 amide bonds. The van der Waals surface area contributed by atoms with Crippen LogP contribution in [0.1, 0.15) is 22.7 Å². The van der Waals surface area contributed by atoms with Crippen molar-refractivity contribution >= 4 is 33.4 Å². The van der Waals surface area contributed by atoms with E-state index in [0.29, 0.717) is 35.6 Å². The van der Waals surface area contributed by atoms with Crippen LogP contribution in [0, 0.1) is 0 Å². The maximum atomic E-state index is 13.2. The molecule has 1 N–H and O–H groups in total. The maximum Gasteiger partial charge on any atom is 0.295 e. The van der Waals surface area contributed by atoms with Crippen LogP contribution >= 0.6 is 15.9 Å². The topological polar surface area (TPSA) is 76.1 Å². The molecule has 1 heterocycles. The first-order valence-corrected chi connectivity index (χ1v) is 11.5. The van der Waals surface area contributed by atoms with Gasteiger partial charge in [-0.05, 0) is 41.8 Å². The number of ketones is 1. The Bertz CT molecular complexity index is 1240. The number of aliphatic hydroxyl groups excluding tert-OH is 1. The zero-order valence-electron chi connectivity index (χ0n) is 18.8. The van der Waals surface area contributed by atoms with Gasteiger partial charge in [-0.1, -0.05) is 64.5 Å². The van der Waals surface area contributed by atoms with Crippen LogP contribution in [0.4, 0.5) is 0 Å². The molecule has 1 saturated heterocycles. The van der Waals surface area contributed by atoms with Crippen molar-refractivity contribution in [1.82, 2.24) is 4.90 Å². The number of carbonyl (C=O) groups is 2. The number of carbonyl (C=O) groups excluding carboxylic acids is 2. The van der Waals surface area contributed by atoms with E-state index in [1.807, 2.05) is 30.3 Å². The second-order valence-electron chi connectivity index (χ2n) is 7.85. The average Bonchev–Trinajstić information content (AvgIpc) is 3.12. The predicted molar refractivity (Wildman–Crippen MR) is 133 cm³/mol. The first kappa shape index (κ1) is 23.6. The number of nitrogens with zero attached hydrogens (tertiary/aromatic N) is 1. The van der Waals surface area contributed by atoms with Crippen LogP contribution in [0.5, 0.6) is 11.5 Å². The summed E-state index contributed by atoms with van der Waals surface area (Å²) in [5, 5.41) is 11.2. The summed E-state index contributed by atoms with van der Waals surface area (Å²) in [7, 11) is 3.06. The zero-order chi connectivity index (χ0) is 24.2. The summed E-state index contributed by atoms with van der Waals surface area (Å²) in [5.41, 5.74) is 2.19. The monoisotopic (exact) mass is 521 g/mol. The minimum absolute atomic E-state index is 0.0487. The number of methoxy groups -OCH3 is 2. The van der Waals surface area contributed by atoms with Crippen molar-refractivity contribution in [2.45, 2.75) is 12.5 Å². The summed E-state index contributed by atoms with van der Waals surface area (Å²) in [4.78, 5) is 27.9. The van der Waals surface area contributed by atoms with E-state index >= 15 is 0 Å². The third kappa shape index (κ3) is 4.56. The Morgan fingerprint density at radius 3 is 2.26 bits per heavy atom. The van der Waals surface area contributed by atoms with Crippen LogP contribution in [0.2, 0.25) is 0 Å². The predicted octanol–water partition coefficient (Wildman–Crippen LogP) is 5.13. The van der Waals surface area contributed by atoms with Crippen LogP contribution in [-0.2, 0) is 16.0 Å². The van der Waals surface area contributed by atoms with Gasteiger partial charge in [0.2, 0.25) is 0 Å². The summed E-state index contributed by atoms with van der Waals surface area (Å²) in [6.07, 6.45) is 0.565. The minimum atomic E-state index is -0.771. The van der Waals surface area contributed by atoms with Crippen molar-refractivity contribution in [1.29, 1.82) is 0 Å². The first-order valence-electron chi connectivity index (χ1n) is 10.7. The number of aliphatic hydroxyl groups is 1. The van der Waals surface area contributed by atoms with Crippen molar-refractivity contribution in [3.05, 3.63) is 99.5 Å². The van der Waals surface area contributed by atoms with Crippen molar-refractivity contribution in [2.24, 2.45) is 0 Å². The standard InChI is InChI=1S/C27H24BrNO5/c1-33-21-13-10-19(16-22(21)34-2)24-23(25(30)18-8-11-20(28)12-9-18)26(31)27(32)29(24)15-14-17-6-4-3-5-7-17/h3-13,16,24,30H,14-15H2,1-2H3/t24-/m0/s1. The van der Waals surface area contributed by atoms with Gasteiger partial charge in [-0.2, -0.15) is 0 Å². The Morgan fingerprint density at radius 1 is 0.941 bits per heavy atom. The second-order valence-corrected chi connectivity index (χ2v) is 8.77. The molecule has 0 spiro atoms. The van der Waals surface area contributed by atoms with E-state index in [1.165, 1.54) is 19.1 Å². The number of benzene rings is 3. The van der Waals surface area contributed by atoms with E-state index in [-0.39, 0.29) is 11.3 Å². The highest BCUT2D eigenvalue weighted by Crippen LogP contribution is 2.42. The molecule has 1 aliphatic heterocycles. The van der Waals surface area contributed by atoms with Gasteiger partial charge in [-0.15, -0.1) is 0 Å². The van der Waals surface area contributed by atoms with Crippen molar-refractivity contribution in [2.75, 3.05) is 20.8 Å². The Labute approximate surface area is 206 Å². The molecular formula is C27H24BrNO5. The van der Waals surface area contributed by atoms with Gasteiger partial charge in [0, 0.05) is 16.6 Å². The fourth-order valence-electron chi connectivity index (χ4n) is 4.14. The van der Waals surface area contributed by atoms with Gasteiger partial charge < -0.3 is 19.5 Å². The van der Waals surface area contributed by atoms with Crippen LogP contribution in [0.3, 0.4) is 0 Å². The number of amides is 1. The number of hydrogen-bond donors (Lipinski definition) is 1. The molecule has 34 heavy (non-hydrogen) atoms. The SMILES string of the molecule is COc1ccc([C@H]2C(=C(O)c3ccc(Br)cc3)C(=O)C(=O)N2CCc2ccccc2)cc1OC. The van der Waals surface area contributed by atoms with Gasteiger partial charge in [-0.25, -0.2) is 0 Å². The quantitative estimate of drug-likeness (QED) is 0.265. The highest BCUT2D eigenvalue weighted by atomic mass is 79.9. The van der Waals surface area contributed by atoms with Gasteiger partial charge in [0.25, 0.3) is 11.7 Å². The molecule has 0 radical (unpaired) electrons. The average molecular weight is 522 g/mol. The molecule has 3 aromatic carbocycles. The lowest BCUT2D eigenvalue weighted by Gasteiger charge is -2.26. The third-order valence-electron chi connectivity index (χ3n) is 5.87. The number of halogens is 1. The van der Waals surface area contributed by atoms with Crippen LogP contribution in [0.15, 0.2) is 82.8 Å². The lowest BCUT2D eigenvalue weighted by atomic mass is 9.95. The van der Waals surface area contributed by atoms with Crippen molar-refractivity contribution < 1.29 is 24.2 Å². The molecule has 0 bridgehead atoms. The Balaban J connectivity index is 1.82. The molecule has 6 nitrogen and oxygen atoms in total. The lowest BCUT2D eigenvalue weighted by molar-refractivity contribution is -0.139. The number of rotatable bonds is 7. The fourth-order valence-corrected chi connectivity index (χ4v) is 4.40. The molecule has 7 heteroatoms. The second kappa shape index (κ2) is 10.1. The molecule has 1 atom stereocenters. The van der Waals surface area contributed by atoms with Crippen LogP contribution in [-0.4, -0.2) is 42.5 Å². The molecule has 0 aliphatic carbocycles. The summed E-state index contributed by atoms with van der Waals surface area (Å²) in [6, 6.07) is 21.2. The summed E-state index contributed by atoms with van der Waals surface area (Å²) in [5.74, 6) is -0.576. The molecular weight excluding hydrogens is 498 g/mol. The van der Waals surface area contributed by atoms with Crippen molar-refractivity contribution in [3.8, 4) is 11.5 Å². The minimum Gasteiger partial charge on any atom is -0.507 e. The highest BCUT2D eigenvalue weighted by Gasteiger charge is 2.46. The molecule has 4 rings (SSSR count). The normalized spacial score (nSPS) is 17.1. The molecule has 1 aliphatic rings. The number of ether oxygens (including phenoxy) is 2. The summed E-state index contributed by atoms with van der Waals surface area (Å²) in [6.45, 7) is 0.310. The Hall–Kier alpha value is -3.58. The molecule has 1 fully saturated rings. The van der Waals surface area contributed by atoms with Crippen LogP contribution in [0.25, 0.3) is 5.76 Å². The van der Waals surface area contributed by atoms with Crippen molar-refractivity contribution in [3.63, 3.8) is 0 Å². The van der Waals surface area contributed by atoms with E-state index in [9.17, 15) is 14.7 Å². The molecule has 0 saturated carbocycles. The largest absolute Gasteiger partial charge is 0.507 e. The third-order valence-corrected chi connectivity index (χ3v) is 6.39. The smallest absolute Gasteiger partial charge is 0.295 e. The van der Waals surface area contributed by atoms with E-state index in [1.54, 1.807) is 42.5 Å². The van der Waals surface area contributed by atoms with E-state index in [2.05, 4.69) is 15.9 Å². The Kier molecular flexibility index (Phi) is 7.03. The summed E-state index contributed by atoms with van der Waals surface area (Å²) < 4.78 is 11.6. The van der Waals surface area contributed by atoms with Gasteiger partial charge in [0.15, 0.2) is 11.5 Å². The van der Waals surface area contributed by atoms with Gasteiger partial charge in [0.1, 0.15) is 5.76 Å². The highest BCUT2D eigenvalue weighted by molar-refractivity contribution is 9.10. The van der Waals surface area contributed by atoms with Crippen LogP contribution < -0.4 is 9.47 Å². The van der Waals surface area contributed by atoms with Gasteiger partial charge in [-0.3, -0.25) is 9.59 Å². The van der Waals surface area contributed by atoms with Gasteiger partial charge >= 0.3 is 0 Å². The molecule has 3 aromatic rings. The number of likely N-dealkylation sites (tertiary alicyclic amines) is 1. The molecule has 0 unspecified atom stereocenters. The molecule has 0 aromatic heterocycles. The van der Waals surface area contributed by atoms with E-state index < -0.39 is 17.7 Å². The van der Waals surface area contributed by atoms with Gasteiger partial charge in [0.05, 0.1) is 25.8 Å². The first-order chi connectivity index (χ1) is 16.4. The van der Waals surface area contributed by atoms with E-state index in [4.69, 9.17) is 9.47 Å².